The molecule has 4 heterocycles. The predicted molar refractivity (Wildman–Crippen MR) is 94.2 cm³/mol. The van der Waals surface area contributed by atoms with Crippen LogP contribution in [0.15, 0.2) is 42.9 Å². The highest BCUT2D eigenvalue weighted by molar-refractivity contribution is 6.04. The van der Waals surface area contributed by atoms with Crippen LogP contribution in [0.1, 0.15) is 0 Å². The maximum atomic E-state index is 9.97. The first-order chi connectivity index (χ1) is 12.2. The Morgan fingerprint density at radius 1 is 1.20 bits per heavy atom. The zero-order valence-corrected chi connectivity index (χ0v) is 13.3. The average Bonchev–Trinajstić information content (AvgIpc) is 2.96. The molecule has 1 atom stereocenters. The van der Waals surface area contributed by atoms with Gasteiger partial charge < -0.3 is 15.6 Å². The molecule has 124 valence electrons. The normalized spacial score (nSPS) is 16.8. The minimum Gasteiger partial charge on any atom is -0.476 e. The van der Waals surface area contributed by atoms with Gasteiger partial charge >= 0.3 is 0 Å². The van der Waals surface area contributed by atoms with E-state index in [-0.39, 0.29) is 6.61 Å². The van der Waals surface area contributed by atoms with Crippen molar-refractivity contribution in [2.45, 2.75) is 12.6 Å². The largest absolute Gasteiger partial charge is 0.476 e. The third-order valence-corrected chi connectivity index (χ3v) is 4.51. The molecule has 1 unspecified atom stereocenters. The average molecular weight is 333 g/mol. The quantitative estimate of drug-likeness (QED) is 0.552. The number of aliphatic hydroxyl groups is 1. The van der Waals surface area contributed by atoms with Crippen LogP contribution >= 0.6 is 0 Å². The van der Waals surface area contributed by atoms with Gasteiger partial charge in [-0.15, -0.1) is 0 Å². The lowest BCUT2D eigenvalue weighted by molar-refractivity contribution is 0.0634. The van der Waals surface area contributed by atoms with Gasteiger partial charge in [0.25, 0.3) is 0 Å². The number of fused-ring (bicyclic) bond motifs is 4. The van der Waals surface area contributed by atoms with Gasteiger partial charge in [0, 0.05) is 17.1 Å². The van der Waals surface area contributed by atoms with E-state index in [2.05, 4.69) is 21.0 Å². The number of aromatic nitrogens is 4. The minimum absolute atomic E-state index is 0.234. The number of pyridine rings is 1. The minimum atomic E-state index is -0.582. The molecule has 1 aromatic carbocycles. The number of nitrogens with two attached hydrogens (primary N) is 1. The van der Waals surface area contributed by atoms with Crippen molar-refractivity contribution in [2.75, 3.05) is 12.3 Å². The first-order valence-corrected chi connectivity index (χ1v) is 8.01. The van der Waals surface area contributed by atoms with Crippen molar-refractivity contribution in [3.8, 4) is 17.0 Å². The van der Waals surface area contributed by atoms with E-state index in [4.69, 9.17) is 10.5 Å². The molecule has 1 aliphatic heterocycles. The van der Waals surface area contributed by atoms with Crippen molar-refractivity contribution >= 4 is 27.8 Å². The molecule has 3 N–H and O–H groups in total. The molecule has 7 heteroatoms. The highest BCUT2D eigenvalue weighted by Gasteiger charge is 2.28. The van der Waals surface area contributed by atoms with Crippen LogP contribution in [-0.4, -0.2) is 37.3 Å². The number of ether oxygens (including phenoxy) is 1. The van der Waals surface area contributed by atoms with E-state index in [1.54, 1.807) is 6.20 Å². The summed E-state index contributed by atoms with van der Waals surface area (Å²) in [4.78, 5) is 13.0. The summed E-state index contributed by atoms with van der Waals surface area (Å²) in [6, 6.07) is 9.98. The number of hydrogen-bond acceptors (Lipinski definition) is 6. The SMILES string of the molecule is Nc1ncnc2c1c(-c1cnc3ccccc3c1)c1n2CC(O)CO1. The Morgan fingerprint density at radius 3 is 3.00 bits per heavy atom. The highest BCUT2D eigenvalue weighted by Crippen LogP contribution is 2.43. The molecular formula is C18H15N5O2. The van der Waals surface area contributed by atoms with Crippen molar-refractivity contribution in [3.63, 3.8) is 0 Å². The Hall–Kier alpha value is -3.19. The van der Waals surface area contributed by atoms with Crippen molar-refractivity contribution in [1.82, 2.24) is 19.5 Å². The molecule has 0 bridgehead atoms. The van der Waals surface area contributed by atoms with Crippen LogP contribution in [0.4, 0.5) is 5.82 Å². The van der Waals surface area contributed by atoms with Crippen LogP contribution in [0.5, 0.6) is 5.88 Å². The lowest BCUT2D eigenvalue weighted by Crippen LogP contribution is -2.29. The molecule has 5 rings (SSSR count). The molecule has 0 saturated heterocycles. The van der Waals surface area contributed by atoms with Gasteiger partial charge in [-0.2, -0.15) is 0 Å². The van der Waals surface area contributed by atoms with Crippen molar-refractivity contribution in [3.05, 3.63) is 42.9 Å². The number of para-hydroxylation sites is 1. The summed E-state index contributed by atoms with van der Waals surface area (Å²) in [6.45, 7) is 0.640. The molecule has 0 amide bonds. The van der Waals surface area contributed by atoms with Crippen LogP contribution < -0.4 is 10.5 Å². The van der Waals surface area contributed by atoms with Gasteiger partial charge in [-0.25, -0.2) is 9.97 Å². The lowest BCUT2D eigenvalue weighted by Gasteiger charge is -2.22. The number of anilines is 1. The van der Waals surface area contributed by atoms with E-state index in [9.17, 15) is 5.11 Å². The smallest absolute Gasteiger partial charge is 0.204 e. The summed E-state index contributed by atoms with van der Waals surface area (Å²) in [5, 5.41) is 11.7. The zero-order chi connectivity index (χ0) is 17.0. The Balaban J connectivity index is 1.85. The molecule has 3 aromatic heterocycles. The summed E-state index contributed by atoms with van der Waals surface area (Å²) in [5.74, 6) is 1.03. The van der Waals surface area contributed by atoms with E-state index in [1.165, 1.54) is 6.33 Å². The molecule has 1 aliphatic rings. The number of nitrogens with zero attached hydrogens (tertiary/aromatic N) is 4. The van der Waals surface area contributed by atoms with Gasteiger partial charge in [-0.3, -0.25) is 9.55 Å². The molecular weight excluding hydrogens is 318 g/mol. The Labute approximate surface area is 142 Å². The van der Waals surface area contributed by atoms with Gasteiger partial charge in [0.15, 0.2) is 0 Å². The predicted octanol–water partition coefficient (Wildman–Crippen LogP) is 1.98. The Kier molecular flexibility index (Phi) is 2.92. The number of hydrogen-bond donors (Lipinski definition) is 2. The molecule has 0 saturated carbocycles. The fourth-order valence-corrected chi connectivity index (χ4v) is 3.41. The summed E-state index contributed by atoms with van der Waals surface area (Å²) in [5.41, 5.74) is 9.43. The van der Waals surface area contributed by atoms with Crippen LogP contribution in [-0.2, 0) is 6.54 Å². The maximum Gasteiger partial charge on any atom is 0.204 e. The Morgan fingerprint density at radius 2 is 2.08 bits per heavy atom. The third-order valence-electron chi connectivity index (χ3n) is 4.51. The number of nitrogen functional groups attached to an aromatic ring is 1. The lowest BCUT2D eigenvalue weighted by atomic mass is 10.0. The van der Waals surface area contributed by atoms with Gasteiger partial charge in [0.2, 0.25) is 5.88 Å². The van der Waals surface area contributed by atoms with Crippen molar-refractivity contribution in [2.24, 2.45) is 0 Å². The molecule has 4 aromatic rings. The molecule has 0 spiro atoms. The zero-order valence-electron chi connectivity index (χ0n) is 13.3. The van der Waals surface area contributed by atoms with Gasteiger partial charge in [0.05, 0.1) is 23.0 Å². The van der Waals surface area contributed by atoms with Crippen LogP contribution in [0.25, 0.3) is 33.1 Å². The second-order valence-electron chi connectivity index (χ2n) is 6.13. The van der Waals surface area contributed by atoms with Crippen molar-refractivity contribution in [1.29, 1.82) is 0 Å². The Bertz CT molecular complexity index is 1120. The topological polar surface area (TPSA) is 99.1 Å². The van der Waals surface area contributed by atoms with E-state index in [0.29, 0.717) is 23.9 Å². The summed E-state index contributed by atoms with van der Waals surface area (Å²) >= 11 is 0. The second kappa shape index (κ2) is 5.15. The van der Waals surface area contributed by atoms with E-state index >= 15 is 0 Å². The fraction of sp³-hybridized carbons (Fsp3) is 0.167. The van der Waals surface area contributed by atoms with Gasteiger partial charge in [-0.05, 0) is 12.1 Å². The highest BCUT2D eigenvalue weighted by atomic mass is 16.5. The van der Waals surface area contributed by atoms with Crippen LogP contribution in [0, 0.1) is 0 Å². The number of benzene rings is 1. The first-order valence-electron chi connectivity index (χ1n) is 8.01. The third kappa shape index (κ3) is 2.06. The van der Waals surface area contributed by atoms with E-state index in [1.807, 2.05) is 28.8 Å². The molecule has 0 aliphatic carbocycles. The number of rotatable bonds is 1. The van der Waals surface area contributed by atoms with Gasteiger partial charge in [0.1, 0.15) is 30.5 Å². The molecule has 0 radical (unpaired) electrons. The molecule has 7 nitrogen and oxygen atoms in total. The summed E-state index contributed by atoms with van der Waals surface area (Å²) < 4.78 is 7.69. The standard InChI is InChI=1S/C18H15N5O2/c19-16-15-14(11-5-10-3-1-2-4-13(10)20-6-11)18-23(7-12(24)8-25-18)17(15)22-9-21-16/h1-6,9,12,24H,7-8H2,(H2,19,21,22). The fourth-order valence-electron chi connectivity index (χ4n) is 3.41. The maximum absolute atomic E-state index is 9.97. The molecule has 25 heavy (non-hydrogen) atoms. The van der Waals surface area contributed by atoms with Crippen LogP contribution in [0.3, 0.4) is 0 Å². The summed E-state index contributed by atoms with van der Waals surface area (Å²) in [6.07, 6.45) is 2.65. The van der Waals surface area contributed by atoms with E-state index < -0.39 is 6.10 Å². The monoisotopic (exact) mass is 333 g/mol. The van der Waals surface area contributed by atoms with E-state index in [0.717, 1.165) is 27.4 Å². The van der Waals surface area contributed by atoms with Gasteiger partial charge in [-0.1, -0.05) is 18.2 Å². The van der Waals surface area contributed by atoms with Crippen LogP contribution in [0.2, 0.25) is 0 Å². The molecule has 0 fully saturated rings. The second-order valence-corrected chi connectivity index (χ2v) is 6.13. The summed E-state index contributed by atoms with van der Waals surface area (Å²) in [7, 11) is 0. The van der Waals surface area contributed by atoms with Crippen molar-refractivity contribution < 1.29 is 9.84 Å². The number of aliphatic hydroxyl groups excluding tert-OH is 1. The first kappa shape index (κ1) is 14.2.